The normalized spacial score (nSPS) is 21.2. The third-order valence-electron chi connectivity index (χ3n) is 5.84. The van der Waals surface area contributed by atoms with Crippen LogP contribution in [0.2, 0.25) is 0 Å². The molecule has 1 saturated heterocycles. The van der Waals surface area contributed by atoms with Gasteiger partial charge in [-0.3, -0.25) is 4.68 Å². The largest absolute Gasteiger partial charge is 0.322 e. The average Bonchev–Trinajstić information content (AvgIpc) is 3.10. The predicted molar refractivity (Wildman–Crippen MR) is 102 cm³/mol. The molecule has 0 aromatic carbocycles. The zero-order valence-electron chi connectivity index (χ0n) is 16.3. The maximum absolute atomic E-state index is 12.9. The van der Waals surface area contributed by atoms with Crippen molar-refractivity contribution in [2.45, 2.75) is 84.7 Å². The monoisotopic (exact) mass is 346 g/mol. The number of anilines is 1. The van der Waals surface area contributed by atoms with Crippen molar-refractivity contribution >= 4 is 11.7 Å². The molecule has 0 bridgehead atoms. The van der Waals surface area contributed by atoms with Crippen LogP contribution in [0.3, 0.4) is 0 Å². The number of hydrogen-bond donors (Lipinski definition) is 1. The van der Waals surface area contributed by atoms with Gasteiger partial charge in [0, 0.05) is 19.1 Å². The molecule has 5 nitrogen and oxygen atoms in total. The molecule has 0 spiro atoms. The Morgan fingerprint density at radius 3 is 2.60 bits per heavy atom. The zero-order valence-corrected chi connectivity index (χ0v) is 16.3. The van der Waals surface area contributed by atoms with E-state index in [1.54, 1.807) is 0 Å². The third-order valence-corrected chi connectivity index (χ3v) is 5.84. The van der Waals surface area contributed by atoms with Gasteiger partial charge in [-0.1, -0.05) is 34.1 Å². The summed E-state index contributed by atoms with van der Waals surface area (Å²) < 4.78 is 2.08. The van der Waals surface area contributed by atoms with Gasteiger partial charge in [-0.2, -0.15) is 5.10 Å². The summed E-state index contributed by atoms with van der Waals surface area (Å²) in [5.41, 5.74) is 2.04. The maximum Gasteiger partial charge on any atom is 0.322 e. The average molecular weight is 347 g/mol. The lowest BCUT2D eigenvalue weighted by Gasteiger charge is -2.36. The van der Waals surface area contributed by atoms with Crippen LogP contribution in [0.25, 0.3) is 0 Å². The van der Waals surface area contributed by atoms with Crippen LogP contribution in [0.15, 0.2) is 6.20 Å². The zero-order chi connectivity index (χ0) is 18.0. The molecule has 1 saturated carbocycles. The fourth-order valence-electron chi connectivity index (χ4n) is 4.21. The Morgan fingerprint density at radius 1 is 1.24 bits per heavy atom. The Hall–Kier alpha value is -1.52. The van der Waals surface area contributed by atoms with Crippen molar-refractivity contribution in [1.82, 2.24) is 14.7 Å². The number of aromatic nitrogens is 2. The molecular weight excluding hydrogens is 312 g/mol. The second kappa shape index (κ2) is 7.79. The summed E-state index contributed by atoms with van der Waals surface area (Å²) in [6.07, 6.45) is 9.16. The van der Waals surface area contributed by atoms with Crippen molar-refractivity contribution in [2.75, 3.05) is 11.9 Å². The molecule has 2 aliphatic rings. The molecule has 1 aliphatic heterocycles. The van der Waals surface area contributed by atoms with Gasteiger partial charge in [-0.15, -0.1) is 0 Å². The lowest BCUT2D eigenvalue weighted by molar-refractivity contribution is 0.148. The molecular formula is C20H34N4O. The van der Waals surface area contributed by atoms with Crippen LogP contribution in [0.1, 0.15) is 77.8 Å². The number of amides is 2. The smallest absolute Gasteiger partial charge is 0.321 e. The van der Waals surface area contributed by atoms with E-state index in [4.69, 9.17) is 0 Å². The van der Waals surface area contributed by atoms with E-state index in [9.17, 15) is 4.79 Å². The number of carbonyl (C=O) groups excluding carboxylic acids is 1. The van der Waals surface area contributed by atoms with Crippen LogP contribution in [-0.2, 0) is 6.54 Å². The number of likely N-dealkylation sites (tertiary alicyclic amines) is 1. The van der Waals surface area contributed by atoms with Gasteiger partial charge in [0.2, 0.25) is 0 Å². The Balaban J connectivity index is 1.70. The molecule has 5 heteroatoms. The second-order valence-electron chi connectivity index (χ2n) is 8.53. The molecule has 3 rings (SSSR count). The summed E-state index contributed by atoms with van der Waals surface area (Å²) in [5, 5.41) is 7.73. The number of hydrogen-bond acceptors (Lipinski definition) is 2. The second-order valence-corrected chi connectivity index (χ2v) is 8.53. The van der Waals surface area contributed by atoms with Crippen molar-refractivity contribution in [2.24, 2.45) is 11.8 Å². The molecule has 1 aromatic rings. The first-order chi connectivity index (χ1) is 12.0. The number of urea groups is 1. The highest BCUT2D eigenvalue weighted by Gasteiger charge is 2.37. The van der Waals surface area contributed by atoms with Crippen LogP contribution < -0.4 is 5.32 Å². The van der Waals surface area contributed by atoms with Crippen LogP contribution in [0, 0.1) is 11.8 Å². The summed E-state index contributed by atoms with van der Waals surface area (Å²) in [5.74, 6) is 1.72. The molecule has 1 atom stereocenters. The number of rotatable bonds is 6. The fraction of sp³-hybridized carbons (Fsp3) is 0.800. The van der Waals surface area contributed by atoms with Crippen LogP contribution in [0.4, 0.5) is 10.5 Å². The molecule has 2 fully saturated rings. The standard InChI is InChI=1S/C20H34N4O/c1-14(2)10-12-24-19(15(3)4)17(13-21-24)22-20(25)23-11-6-9-18(23)16-7-5-8-16/h13-16,18H,5-12H2,1-4H3,(H,22,25). The van der Waals surface area contributed by atoms with E-state index >= 15 is 0 Å². The van der Waals surface area contributed by atoms with Crippen LogP contribution in [-0.4, -0.2) is 33.3 Å². The van der Waals surface area contributed by atoms with E-state index in [-0.39, 0.29) is 6.03 Å². The Bertz CT molecular complexity index is 589. The number of aryl methyl sites for hydroxylation is 1. The lowest BCUT2D eigenvalue weighted by atomic mass is 9.79. The fourth-order valence-corrected chi connectivity index (χ4v) is 4.21. The van der Waals surface area contributed by atoms with E-state index in [2.05, 4.69) is 47.7 Å². The van der Waals surface area contributed by atoms with Gasteiger partial charge in [0.15, 0.2) is 0 Å². The highest BCUT2D eigenvalue weighted by atomic mass is 16.2. The van der Waals surface area contributed by atoms with Crippen molar-refractivity contribution in [3.05, 3.63) is 11.9 Å². The quantitative estimate of drug-likeness (QED) is 0.800. The number of carbonyl (C=O) groups is 1. The summed E-state index contributed by atoms with van der Waals surface area (Å²) in [6, 6.07) is 0.520. The minimum absolute atomic E-state index is 0.0692. The third kappa shape index (κ3) is 4.01. The van der Waals surface area contributed by atoms with Gasteiger partial charge in [-0.25, -0.2) is 4.79 Å². The van der Waals surface area contributed by atoms with Crippen molar-refractivity contribution in [1.29, 1.82) is 0 Å². The first kappa shape index (κ1) is 18.3. The lowest BCUT2D eigenvalue weighted by Crippen LogP contribution is -2.44. The van der Waals surface area contributed by atoms with Crippen molar-refractivity contribution < 1.29 is 4.79 Å². The molecule has 140 valence electrons. The first-order valence-electron chi connectivity index (χ1n) is 10.1. The minimum atomic E-state index is 0.0692. The van der Waals surface area contributed by atoms with E-state index in [1.165, 1.54) is 25.7 Å². The topological polar surface area (TPSA) is 50.2 Å². The number of nitrogens with zero attached hydrogens (tertiary/aromatic N) is 3. The molecule has 25 heavy (non-hydrogen) atoms. The van der Waals surface area contributed by atoms with E-state index in [0.717, 1.165) is 43.2 Å². The van der Waals surface area contributed by atoms with E-state index in [1.807, 2.05) is 6.20 Å². The van der Waals surface area contributed by atoms with Gasteiger partial charge >= 0.3 is 6.03 Å². The van der Waals surface area contributed by atoms with Gasteiger partial charge < -0.3 is 10.2 Å². The number of nitrogens with one attached hydrogen (secondary N) is 1. The van der Waals surface area contributed by atoms with Gasteiger partial charge in [0.25, 0.3) is 0 Å². The van der Waals surface area contributed by atoms with E-state index in [0.29, 0.717) is 17.9 Å². The molecule has 2 heterocycles. The summed E-state index contributed by atoms with van der Waals surface area (Å²) in [6.45, 7) is 10.6. The van der Waals surface area contributed by atoms with Gasteiger partial charge in [0.05, 0.1) is 17.6 Å². The SMILES string of the molecule is CC(C)CCn1ncc(NC(=O)N2CCCC2C2CCC2)c1C(C)C. The van der Waals surface area contributed by atoms with Crippen molar-refractivity contribution in [3.63, 3.8) is 0 Å². The van der Waals surface area contributed by atoms with E-state index < -0.39 is 0 Å². The Labute approximate surface area is 152 Å². The van der Waals surface area contributed by atoms with Gasteiger partial charge in [0.1, 0.15) is 0 Å². The first-order valence-corrected chi connectivity index (χ1v) is 10.1. The Kier molecular flexibility index (Phi) is 5.70. The molecule has 0 radical (unpaired) electrons. The highest BCUT2D eigenvalue weighted by Crippen LogP contribution is 2.37. The molecule has 1 aliphatic carbocycles. The molecule has 1 aromatic heterocycles. The summed E-state index contributed by atoms with van der Waals surface area (Å²) in [4.78, 5) is 15.0. The minimum Gasteiger partial charge on any atom is -0.321 e. The summed E-state index contributed by atoms with van der Waals surface area (Å²) >= 11 is 0. The molecule has 1 N–H and O–H groups in total. The Morgan fingerprint density at radius 2 is 2.00 bits per heavy atom. The molecule has 2 amide bonds. The summed E-state index contributed by atoms with van der Waals surface area (Å²) in [7, 11) is 0. The van der Waals surface area contributed by atoms with Crippen LogP contribution in [0.5, 0.6) is 0 Å². The van der Waals surface area contributed by atoms with Gasteiger partial charge in [-0.05, 0) is 49.9 Å². The molecule has 1 unspecified atom stereocenters. The predicted octanol–water partition coefficient (Wildman–Crippen LogP) is 4.85. The highest BCUT2D eigenvalue weighted by molar-refractivity contribution is 5.90. The van der Waals surface area contributed by atoms with Crippen LogP contribution >= 0.6 is 0 Å². The maximum atomic E-state index is 12.9. The van der Waals surface area contributed by atoms with Crippen molar-refractivity contribution in [3.8, 4) is 0 Å².